The molecule has 1 aromatic rings. The van der Waals surface area contributed by atoms with Gasteiger partial charge in [0.15, 0.2) is 0 Å². The van der Waals surface area contributed by atoms with E-state index in [0.717, 1.165) is 5.56 Å². The molecular formula is C15H24N2O2. The fourth-order valence-electron chi connectivity index (χ4n) is 1.85. The lowest BCUT2D eigenvalue weighted by Crippen LogP contribution is -2.36. The Balaban J connectivity index is 2.56. The van der Waals surface area contributed by atoms with Crippen LogP contribution in [0.2, 0.25) is 0 Å². The van der Waals surface area contributed by atoms with Crippen LogP contribution >= 0.6 is 0 Å². The number of amides is 1. The van der Waals surface area contributed by atoms with Crippen LogP contribution in [0.25, 0.3) is 0 Å². The SMILES string of the molecule is Cc1cc(C)cc(C(N)CNC(=O)OC(C)(C)C)c1. The molecular weight excluding hydrogens is 240 g/mol. The summed E-state index contributed by atoms with van der Waals surface area (Å²) in [4.78, 5) is 11.5. The molecule has 106 valence electrons. The molecule has 19 heavy (non-hydrogen) atoms. The third kappa shape index (κ3) is 5.75. The first-order valence-corrected chi connectivity index (χ1v) is 6.48. The summed E-state index contributed by atoms with van der Waals surface area (Å²) in [5.74, 6) is 0. The van der Waals surface area contributed by atoms with Crippen molar-refractivity contribution in [3.63, 3.8) is 0 Å². The summed E-state index contributed by atoms with van der Waals surface area (Å²) < 4.78 is 5.17. The molecule has 4 heteroatoms. The van der Waals surface area contributed by atoms with Crippen LogP contribution in [-0.2, 0) is 4.74 Å². The molecule has 0 saturated heterocycles. The van der Waals surface area contributed by atoms with Gasteiger partial charge in [-0.2, -0.15) is 0 Å². The average molecular weight is 264 g/mol. The Morgan fingerprint density at radius 3 is 2.26 bits per heavy atom. The Morgan fingerprint density at radius 2 is 1.79 bits per heavy atom. The Kier molecular flexibility index (Phi) is 4.95. The molecule has 1 amide bonds. The summed E-state index contributed by atoms with van der Waals surface area (Å²) in [5, 5.41) is 2.69. The highest BCUT2D eigenvalue weighted by atomic mass is 16.6. The van der Waals surface area contributed by atoms with Crippen molar-refractivity contribution in [3.05, 3.63) is 34.9 Å². The van der Waals surface area contributed by atoms with E-state index < -0.39 is 11.7 Å². The van der Waals surface area contributed by atoms with Gasteiger partial charge in [-0.15, -0.1) is 0 Å². The number of ether oxygens (including phenoxy) is 1. The molecule has 0 aliphatic rings. The topological polar surface area (TPSA) is 64.3 Å². The van der Waals surface area contributed by atoms with E-state index in [-0.39, 0.29) is 6.04 Å². The molecule has 1 aromatic carbocycles. The molecule has 0 aliphatic carbocycles. The van der Waals surface area contributed by atoms with Gasteiger partial charge in [-0.05, 0) is 40.2 Å². The van der Waals surface area contributed by atoms with Crippen LogP contribution in [0.1, 0.15) is 43.5 Å². The molecule has 0 radical (unpaired) electrons. The maximum Gasteiger partial charge on any atom is 0.407 e. The summed E-state index contributed by atoms with van der Waals surface area (Å²) in [6, 6.07) is 5.94. The molecule has 4 nitrogen and oxygen atoms in total. The molecule has 1 unspecified atom stereocenters. The Morgan fingerprint density at radius 1 is 1.26 bits per heavy atom. The van der Waals surface area contributed by atoms with Gasteiger partial charge in [0.1, 0.15) is 5.60 Å². The van der Waals surface area contributed by atoms with Crippen molar-refractivity contribution in [2.75, 3.05) is 6.54 Å². The quantitative estimate of drug-likeness (QED) is 0.882. The van der Waals surface area contributed by atoms with Gasteiger partial charge in [0.2, 0.25) is 0 Å². The van der Waals surface area contributed by atoms with Gasteiger partial charge in [0.05, 0.1) is 0 Å². The van der Waals surface area contributed by atoms with E-state index in [4.69, 9.17) is 10.5 Å². The normalized spacial score (nSPS) is 12.9. The molecule has 0 heterocycles. The minimum absolute atomic E-state index is 0.230. The second-order valence-corrected chi connectivity index (χ2v) is 5.91. The molecule has 1 atom stereocenters. The fourth-order valence-corrected chi connectivity index (χ4v) is 1.85. The zero-order chi connectivity index (χ0) is 14.6. The molecule has 1 rings (SSSR count). The second kappa shape index (κ2) is 6.06. The van der Waals surface area contributed by atoms with Gasteiger partial charge < -0.3 is 15.8 Å². The zero-order valence-electron chi connectivity index (χ0n) is 12.4. The van der Waals surface area contributed by atoms with Crippen molar-refractivity contribution in [2.45, 2.75) is 46.3 Å². The van der Waals surface area contributed by atoms with Gasteiger partial charge in [-0.25, -0.2) is 4.79 Å². The second-order valence-electron chi connectivity index (χ2n) is 5.91. The smallest absolute Gasteiger partial charge is 0.407 e. The minimum atomic E-state index is -0.492. The predicted octanol–water partition coefficient (Wildman–Crippen LogP) is 2.83. The van der Waals surface area contributed by atoms with Crippen LogP contribution in [0, 0.1) is 13.8 Å². The molecule has 0 saturated carbocycles. The summed E-state index contributed by atoms with van der Waals surface area (Å²) >= 11 is 0. The number of nitrogens with two attached hydrogens (primary N) is 1. The highest BCUT2D eigenvalue weighted by Crippen LogP contribution is 2.15. The Hall–Kier alpha value is -1.55. The molecule has 0 fully saturated rings. The van der Waals surface area contributed by atoms with Gasteiger partial charge in [0, 0.05) is 12.6 Å². The third-order valence-electron chi connectivity index (χ3n) is 2.54. The number of alkyl carbamates (subject to hydrolysis) is 1. The number of nitrogens with one attached hydrogen (secondary N) is 1. The maximum absolute atomic E-state index is 11.5. The number of carbonyl (C=O) groups is 1. The lowest BCUT2D eigenvalue weighted by Gasteiger charge is -2.21. The van der Waals surface area contributed by atoms with Crippen molar-refractivity contribution in [2.24, 2.45) is 5.73 Å². The van der Waals surface area contributed by atoms with Gasteiger partial charge >= 0.3 is 6.09 Å². The monoisotopic (exact) mass is 264 g/mol. The number of rotatable bonds is 3. The Bertz CT molecular complexity index is 430. The van der Waals surface area contributed by atoms with Crippen LogP contribution in [0.5, 0.6) is 0 Å². The number of benzene rings is 1. The number of hydrogen-bond donors (Lipinski definition) is 2. The lowest BCUT2D eigenvalue weighted by atomic mass is 10.0. The van der Waals surface area contributed by atoms with E-state index in [0.29, 0.717) is 6.54 Å². The van der Waals surface area contributed by atoms with Crippen LogP contribution in [0.3, 0.4) is 0 Å². The van der Waals surface area contributed by atoms with Gasteiger partial charge in [-0.1, -0.05) is 29.3 Å². The van der Waals surface area contributed by atoms with Crippen LogP contribution < -0.4 is 11.1 Å². The van der Waals surface area contributed by atoms with E-state index in [1.54, 1.807) is 0 Å². The van der Waals surface area contributed by atoms with Crippen LogP contribution in [0.15, 0.2) is 18.2 Å². The van der Waals surface area contributed by atoms with Crippen molar-refractivity contribution >= 4 is 6.09 Å². The molecule has 0 aromatic heterocycles. The highest BCUT2D eigenvalue weighted by Gasteiger charge is 2.17. The first-order valence-electron chi connectivity index (χ1n) is 6.48. The van der Waals surface area contributed by atoms with Gasteiger partial charge in [-0.3, -0.25) is 0 Å². The maximum atomic E-state index is 11.5. The molecule has 0 spiro atoms. The summed E-state index contributed by atoms with van der Waals surface area (Å²) in [6.45, 7) is 9.91. The van der Waals surface area contributed by atoms with Crippen LogP contribution in [-0.4, -0.2) is 18.2 Å². The van der Waals surface area contributed by atoms with Crippen molar-refractivity contribution < 1.29 is 9.53 Å². The summed E-state index contributed by atoms with van der Waals surface area (Å²) in [5.41, 5.74) is 8.94. The van der Waals surface area contributed by atoms with E-state index in [9.17, 15) is 4.79 Å². The average Bonchev–Trinajstić information content (AvgIpc) is 2.22. The largest absolute Gasteiger partial charge is 0.444 e. The fraction of sp³-hybridized carbons (Fsp3) is 0.533. The van der Waals surface area contributed by atoms with E-state index in [1.165, 1.54) is 11.1 Å². The van der Waals surface area contributed by atoms with E-state index in [1.807, 2.05) is 46.8 Å². The summed E-state index contributed by atoms with van der Waals surface area (Å²) in [6.07, 6.45) is -0.438. The number of carbonyl (C=O) groups excluding carboxylic acids is 1. The highest BCUT2D eigenvalue weighted by molar-refractivity contribution is 5.67. The van der Waals surface area contributed by atoms with Crippen molar-refractivity contribution in [3.8, 4) is 0 Å². The van der Waals surface area contributed by atoms with Crippen LogP contribution in [0.4, 0.5) is 4.79 Å². The van der Waals surface area contributed by atoms with E-state index >= 15 is 0 Å². The van der Waals surface area contributed by atoms with Crippen molar-refractivity contribution in [1.82, 2.24) is 5.32 Å². The number of hydrogen-bond acceptors (Lipinski definition) is 3. The number of aryl methyl sites for hydroxylation is 2. The molecule has 0 bridgehead atoms. The predicted molar refractivity (Wildman–Crippen MR) is 77.1 cm³/mol. The zero-order valence-corrected chi connectivity index (χ0v) is 12.4. The first kappa shape index (κ1) is 15.5. The van der Waals surface area contributed by atoms with Crippen molar-refractivity contribution in [1.29, 1.82) is 0 Å². The standard InChI is InChI=1S/C15H24N2O2/c1-10-6-11(2)8-12(7-10)13(16)9-17-14(18)19-15(3,4)5/h6-8,13H,9,16H2,1-5H3,(H,17,18). The first-order chi connectivity index (χ1) is 8.67. The van der Waals surface area contributed by atoms with E-state index in [2.05, 4.69) is 11.4 Å². The van der Waals surface area contributed by atoms with Gasteiger partial charge in [0.25, 0.3) is 0 Å². The molecule has 0 aliphatic heterocycles. The minimum Gasteiger partial charge on any atom is -0.444 e. The lowest BCUT2D eigenvalue weighted by molar-refractivity contribution is 0.0524. The third-order valence-corrected chi connectivity index (χ3v) is 2.54. The summed E-state index contributed by atoms with van der Waals surface area (Å²) in [7, 11) is 0. The molecule has 3 N–H and O–H groups in total. The Labute approximate surface area is 115 Å².